The van der Waals surface area contributed by atoms with Gasteiger partial charge >= 0.3 is 0 Å². The highest BCUT2D eigenvalue weighted by atomic mass is 16.5. The van der Waals surface area contributed by atoms with Crippen molar-refractivity contribution in [1.29, 1.82) is 0 Å². The molecule has 0 radical (unpaired) electrons. The van der Waals surface area contributed by atoms with Crippen LogP contribution >= 0.6 is 0 Å². The van der Waals surface area contributed by atoms with Gasteiger partial charge in [-0.1, -0.05) is 30.3 Å². The van der Waals surface area contributed by atoms with Crippen molar-refractivity contribution in [3.63, 3.8) is 0 Å². The second-order valence-electron chi connectivity index (χ2n) is 6.28. The molecule has 3 rings (SSSR count). The predicted octanol–water partition coefficient (Wildman–Crippen LogP) is 3.30. The van der Waals surface area contributed by atoms with Gasteiger partial charge in [-0.3, -0.25) is 4.79 Å². The van der Waals surface area contributed by atoms with Gasteiger partial charge in [0.25, 0.3) is 5.91 Å². The molecule has 1 aliphatic carbocycles. The van der Waals surface area contributed by atoms with E-state index in [1.165, 1.54) is 0 Å². The summed E-state index contributed by atoms with van der Waals surface area (Å²) in [6.45, 7) is 0.479. The Bertz CT molecular complexity index is 646. The second kappa shape index (κ2) is 7.97. The third-order valence-electron chi connectivity index (χ3n) is 4.40. The zero-order valence-electron chi connectivity index (χ0n) is 13.7. The minimum Gasteiger partial charge on any atom is -0.489 e. The van der Waals surface area contributed by atoms with Crippen LogP contribution in [0, 0.1) is 0 Å². The third-order valence-corrected chi connectivity index (χ3v) is 4.40. The van der Waals surface area contributed by atoms with E-state index < -0.39 is 0 Å². The molecular weight excluding hydrogens is 302 g/mol. The van der Waals surface area contributed by atoms with E-state index in [2.05, 4.69) is 5.32 Å². The van der Waals surface area contributed by atoms with Crippen LogP contribution in [0.25, 0.3) is 0 Å². The zero-order valence-corrected chi connectivity index (χ0v) is 13.7. The smallest absolute Gasteiger partial charge is 0.251 e. The minimum atomic E-state index is -0.206. The van der Waals surface area contributed by atoms with Crippen LogP contribution in [0.4, 0.5) is 0 Å². The molecule has 2 N–H and O–H groups in total. The van der Waals surface area contributed by atoms with Crippen molar-refractivity contribution in [3.05, 3.63) is 65.7 Å². The van der Waals surface area contributed by atoms with Crippen LogP contribution in [0.2, 0.25) is 0 Å². The van der Waals surface area contributed by atoms with Gasteiger partial charge in [0, 0.05) is 11.6 Å². The summed E-state index contributed by atoms with van der Waals surface area (Å²) >= 11 is 0. The van der Waals surface area contributed by atoms with Crippen LogP contribution in [-0.2, 0) is 6.61 Å². The Kier molecular flexibility index (Phi) is 5.49. The lowest BCUT2D eigenvalue weighted by Gasteiger charge is -2.26. The van der Waals surface area contributed by atoms with E-state index in [0.29, 0.717) is 12.2 Å². The molecule has 0 heterocycles. The number of hydrogen-bond acceptors (Lipinski definition) is 3. The average Bonchev–Trinajstić information content (AvgIpc) is 2.63. The fraction of sp³-hybridized carbons (Fsp3) is 0.350. The third kappa shape index (κ3) is 4.59. The number of benzene rings is 2. The number of aliphatic hydroxyl groups excluding tert-OH is 1. The molecule has 0 bridgehead atoms. The van der Waals surface area contributed by atoms with Crippen molar-refractivity contribution < 1.29 is 14.6 Å². The van der Waals surface area contributed by atoms with Crippen molar-refractivity contribution >= 4 is 5.91 Å². The fourth-order valence-corrected chi connectivity index (χ4v) is 2.92. The van der Waals surface area contributed by atoms with Crippen molar-refractivity contribution in [3.8, 4) is 5.75 Å². The normalized spacial score (nSPS) is 20.4. The summed E-state index contributed by atoms with van der Waals surface area (Å²) in [5, 5.41) is 12.6. The SMILES string of the molecule is O=C(NC1CCC(O)CC1)c1ccc(COc2ccccc2)cc1. The number of hydrogen-bond donors (Lipinski definition) is 2. The van der Waals surface area contributed by atoms with Gasteiger partial charge in [0.05, 0.1) is 6.10 Å². The topological polar surface area (TPSA) is 58.6 Å². The summed E-state index contributed by atoms with van der Waals surface area (Å²) in [5.74, 6) is 0.783. The van der Waals surface area contributed by atoms with Crippen molar-refractivity contribution in [1.82, 2.24) is 5.32 Å². The van der Waals surface area contributed by atoms with E-state index in [0.717, 1.165) is 37.0 Å². The molecule has 4 heteroatoms. The quantitative estimate of drug-likeness (QED) is 0.887. The molecule has 0 aliphatic heterocycles. The van der Waals surface area contributed by atoms with E-state index in [-0.39, 0.29) is 18.1 Å². The lowest BCUT2D eigenvalue weighted by molar-refractivity contribution is 0.0867. The highest BCUT2D eigenvalue weighted by Crippen LogP contribution is 2.19. The van der Waals surface area contributed by atoms with Gasteiger partial charge in [0.15, 0.2) is 0 Å². The largest absolute Gasteiger partial charge is 0.489 e. The highest BCUT2D eigenvalue weighted by Gasteiger charge is 2.21. The summed E-state index contributed by atoms with van der Waals surface area (Å²) in [6, 6.07) is 17.3. The van der Waals surface area contributed by atoms with Gasteiger partial charge in [-0.25, -0.2) is 0 Å². The average molecular weight is 325 g/mol. The number of para-hydroxylation sites is 1. The predicted molar refractivity (Wildman–Crippen MR) is 92.9 cm³/mol. The van der Waals surface area contributed by atoms with E-state index in [4.69, 9.17) is 4.74 Å². The van der Waals surface area contributed by atoms with Crippen LogP contribution in [0.3, 0.4) is 0 Å². The number of amides is 1. The maximum absolute atomic E-state index is 12.3. The summed E-state index contributed by atoms with van der Waals surface area (Å²) < 4.78 is 5.70. The Balaban J connectivity index is 1.51. The highest BCUT2D eigenvalue weighted by molar-refractivity contribution is 5.94. The molecule has 0 aromatic heterocycles. The van der Waals surface area contributed by atoms with Crippen LogP contribution in [0.5, 0.6) is 5.75 Å². The molecule has 1 fully saturated rings. The molecule has 2 aromatic carbocycles. The van der Waals surface area contributed by atoms with Crippen molar-refractivity contribution in [2.45, 2.75) is 44.4 Å². The number of aliphatic hydroxyl groups is 1. The van der Waals surface area contributed by atoms with Gasteiger partial charge < -0.3 is 15.2 Å². The van der Waals surface area contributed by atoms with Gasteiger partial charge in [0.1, 0.15) is 12.4 Å². The zero-order chi connectivity index (χ0) is 16.8. The molecule has 1 saturated carbocycles. The Hall–Kier alpha value is -2.33. The van der Waals surface area contributed by atoms with Crippen LogP contribution in [-0.4, -0.2) is 23.2 Å². The Morgan fingerprint density at radius 3 is 2.33 bits per heavy atom. The first-order chi connectivity index (χ1) is 11.7. The van der Waals surface area contributed by atoms with Crippen molar-refractivity contribution in [2.75, 3.05) is 0 Å². The van der Waals surface area contributed by atoms with Crippen LogP contribution < -0.4 is 10.1 Å². The molecule has 24 heavy (non-hydrogen) atoms. The molecule has 0 saturated heterocycles. The minimum absolute atomic E-state index is 0.0492. The molecule has 1 amide bonds. The molecule has 2 aromatic rings. The Morgan fingerprint density at radius 1 is 1.00 bits per heavy atom. The first-order valence-corrected chi connectivity index (χ1v) is 8.46. The Morgan fingerprint density at radius 2 is 1.67 bits per heavy atom. The molecule has 0 atom stereocenters. The summed E-state index contributed by atoms with van der Waals surface area (Å²) in [6.07, 6.45) is 3.01. The summed E-state index contributed by atoms with van der Waals surface area (Å²) in [4.78, 5) is 12.3. The fourth-order valence-electron chi connectivity index (χ4n) is 2.92. The standard InChI is InChI=1S/C20H23NO3/c22-18-12-10-17(11-13-18)21-20(23)16-8-6-15(7-9-16)14-24-19-4-2-1-3-5-19/h1-9,17-18,22H,10-14H2,(H,21,23). The number of carbonyl (C=O) groups excluding carboxylic acids is 1. The maximum Gasteiger partial charge on any atom is 0.251 e. The van der Waals surface area contributed by atoms with Gasteiger partial charge in [-0.15, -0.1) is 0 Å². The first-order valence-electron chi connectivity index (χ1n) is 8.46. The monoisotopic (exact) mass is 325 g/mol. The van der Waals surface area contributed by atoms with Crippen LogP contribution in [0.1, 0.15) is 41.6 Å². The summed E-state index contributed by atoms with van der Waals surface area (Å²) in [5.41, 5.74) is 1.68. The van der Waals surface area contributed by atoms with E-state index >= 15 is 0 Å². The number of nitrogens with one attached hydrogen (secondary N) is 1. The first kappa shape index (κ1) is 16.5. The number of rotatable bonds is 5. The van der Waals surface area contributed by atoms with Gasteiger partial charge in [-0.2, -0.15) is 0 Å². The molecule has 126 valence electrons. The molecule has 0 unspecified atom stereocenters. The number of ether oxygens (including phenoxy) is 1. The number of carbonyl (C=O) groups is 1. The maximum atomic E-state index is 12.3. The van der Waals surface area contributed by atoms with E-state index in [1.807, 2.05) is 54.6 Å². The lowest BCUT2D eigenvalue weighted by atomic mass is 9.93. The van der Waals surface area contributed by atoms with Gasteiger partial charge in [0.2, 0.25) is 0 Å². The lowest BCUT2D eigenvalue weighted by Crippen LogP contribution is -2.38. The molecule has 4 nitrogen and oxygen atoms in total. The molecule has 1 aliphatic rings. The van der Waals surface area contributed by atoms with Crippen molar-refractivity contribution in [2.24, 2.45) is 0 Å². The summed E-state index contributed by atoms with van der Waals surface area (Å²) in [7, 11) is 0. The van der Waals surface area contributed by atoms with E-state index in [9.17, 15) is 9.90 Å². The van der Waals surface area contributed by atoms with Crippen LogP contribution in [0.15, 0.2) is 54.6 Å². The van der Waals surface area contributed by atoms with E-state index in [1.54, 1.807) is 0 Å². The second-order valence-corrected chi connectivity index (χ2v) is 6.28. The Labute approximate surface area is 142 Å². The molecule has 0 spiro atoms. The molecular formula is C20H23NO3. The van der Waals surface area contributed by atoms with Gasteiger partial charge in [-0.05, 0) is 55.5 Å².